The first-order valence-corrected chi connectivity index (χ1v) is 9.61. The summed E-state index contributed by atoms with van der Waals surface area (Å²) >= 11 is 0. The number of benzene rings is 1. The SMILES string of the molecule is O=C1CCC(C(=O)N2CCCN(C(=O)c3ccc4c(c3)CCC4)CC2)N1. The summed E-state index contributed by atoms with van der Waals surface area (Å²) in [6.07, 6.45) is 5.11. The van der Waals surface area contributed by atoms with E-state index in [1.807, 2.05) is 17.0 Å². The number of rotatable bonds is 2. The van der Waals surface area contributed by atoms with Crippen LogP contribution in [0.25, 0.3) is 0 Å². The summed E-state index contributed by atoms with van der Waals surface area (Å²) in [5.41, 5.74) is 3.43. The molecule has 1 N–H and O–H groups in total. The van der Waals surface area contributed by atoms with Crippen molar-refractivity contribution in [2.75, 3.05) is 26.2 Å². The fourth-order valence-corrected chi connectivity index (χ4v) is 4.25. The van der Waals surface area contributed by atoms with E-state index in [4.69, 9.17) is 0 Å². The van der Waals surface area contributed by atoms with Gasteiger partial charge < -0.3 is 15.1 Å². The smallest absolute Gasteiger partial charge is 0.253 e. The molecule has 6 nitrogen and oxygen atoms in total. The van der Waals surface area contributed by atoms with E-state index in [9.17, 15) is 14.4 Å². The van der Waals surface area contributed by atoms with Crippen molar-refractivity contribution in [3.63, 3.8) is 0 Å². The predicted octanol–water partition coefficient (Wildman–Crippen LogP) is 1.13. The Morgan fingerprint density at radius 1 is 0.923 bits per heavy atom. The molecule has 0 radical (unpaired) electrons. The van der Waals surface area contributed by atoms with E-state index in [0.717, 1.165) is 24.8 Å². The third-order valence-corrected chi connectivity index (χ3v) is 5.73. The lowest BCUT2D eigenvalue weighted by molar-refractivity contribution is -0.134. The number of hydrogen-bond acceptors (Lipinski definition) is 3. The Labute approximate surface area is 153 Å². The van der Waals surface area contributed by atoms with Crippen LogP contribution in [0.3, 0.4) is 0 Å². The molecular weight excluding hydrogens is 330 g/mol. The van der Waals surface area contributed by atoms with Crippen LogP contribution in [0.2, 0.25) is 0 Å². The normalized spacial score (nSPS) is 22.8. The second-order valence-corrected chi connectivity index (χ2v) is 7.47. The van der Waals surface area contributed by atoms with Crippen molar-refractivity contribution in [3.05, 3.63) is 34.9 Å². The van der Waals surface area contributed by atoms with Gasteiger partial charge >= 0.3 is 0 Å². The maximum absolute atomic E-state index is 12.9. The molecule has 0 bridgehead atoms. The molecule has 1 aromatic carbocycles. The van der Waals surface area contributed by atoms with E-state index in [1.54, 1.807) is 4.90 Å². The third-order valence-electron chi connectivity index (χ3n) is 5.73. The first-order valence-electron chi connectivity index (χ1n) is 9.61. The monoisotopic (exact) mass is 355 g/mol. The van der Waals surface area contributed by atoms with Crippen LogP contribution in [-0.4, -0.2) is 59.7 Å². The van der Waals surface area contributed by atoms with Crippen molar-refractivity contribution < 1.29 is 14.4 Å². The van der Waals surface area contributed by atoms with Gasteiger partial charge in [0.1, 0.15) is 6.04 Å². The molecule has 2 saturated heterocycles. The summed E-state index contributed by atoms with van der Waals surface area (Å²) in [4.78, 5) is 40.5. The number of carbonyl (C=O) groups excluding carboxylic acids is 3. The van der Waals surface area contributed by atoms with E-state index in [2.05, 4.69) is 11.4 Å². The molecule has 2 heterocycles. The molecule has 3 amide bonds. The van der Waals surface area contributed by atoms with Crippen LogP contribution in [0.1, 0.15) is 47.2 Å². The zero-order valence-electron chi connectivity index (χ0n) is 15.0. The van der Waals surface area contributed by atoms with Crippen LogP contribution >= 0.6 is 0 Å². The Bertz CT molecular complexity index is 746. The molecule has 1 unspecified atom stereocenters. The highest BCUT2D eigenvalue weighted by Gasteiger charge is 2.32. The zero-order chi connectivity index (χ0) is 18.1. The molecule has 3 aliphatic rings. The third kappa shape index (κ3) is 3.32. The van der Waals surface area contributed by atoms with Crippen LogP contribution < -0.4 is 5.32 Å². The topological polar surface area (TPSA) is 69.7 Å². The lowest BCUT2D eigenvalue weighted by atomic mass is 10.1. The quantitative estimate of drug-likeness (QED) is 0.865. The van der Waals surface area contributed by atoms with Gasteiger partial charge in [-0.1, -0.05) is 6.07 Å². The van der Waals surface area contributed by atoms with Crippen molar-refractivity contribution in [1.82, 2.24) is 15.1 Å². The van der Waals surface area contributed by atoms with Gasteiger partial charge in [-0.2, -0.15) is 0 Å². The van der Waals surface area contributed by atoms with Crippen LogP contribution in [-0.2, 0) is 22.4 Å². The number of hydrogen-bond donors (Lipinski definition) is 1. The van der Waals surface area contributed by atoms with Crippen molar-refractivity contribution in [1.29, 1.82) is 0 Å². The first-order chi connectivity index (χ1) is 12.6. The van der Waals surface area contributed by atoms with E-state index in [-0.39, 0.29) is 23.8 Å². The highest BCUT2D eigenvalue weighted by atomic mass is 16.2. The first kappa shape index (κ1) is 17.1. The van der Waals surface area contributed by atoms with Gasteiger partial charge in [0.25, 0.3) is 5.91 Å². The highest BCUT2D eigenvalue weighted by Crippen LogP contribution is 2.23. The molecule has 2 fully saturated rings. The maximum atomic E-state index is 12.9. The Hall–Kier alpha value is -2.37. The lowest BCUT2D eigenvalue weighted by Crippen LogP contribution is -2.46. The number of nitrogens with zero attached hydrogens (tertiary/aromatic N) is 2. The summed E-state index contributed by atoms with van der Waals surface area (Å²) in [5, 5.41) is 2.74. The van der Waals surface area contributed by atoms with Crippen molar-refractivity contribution in [2.45, 2.75) is 44.6 Å². The van der Waals surface area contributed by atoms with E-state index in [1.165, 1.54) is 17.5 Å². The van der Waals surface area contributed by atoms with Crippen molar-refractivity contribution in [2.24, 2.45) is 0 Å². The Morgan fingerprint density at radius 2 is 1.69 bits per heavy atom. The fraction of sp³-hybridized carbons (Fsp3) is 0.550. The maximum Gasteiger partial charge on any atom is 0.253 e. The Balaban J connectivity index is 1.39. The fourth-order valence-electron chi connectivity index (χ4n) is 4.25. The second-order valence-electron chi connectivity index (χ2n) is 7.47. The molecule has 138 valence electrons. The Morgan fingerprint density at radius 3 is 2.50 bits per heavy atom. The zero-order valence-corrected chi connectivity index (χ0v) is 15.0. The molecule has 1 aromatic rings. The number of carbonyl (C=O) groups is 3. The number of fused-ring (bicyclic) bond motifs is 1. The molecule has 6 heteroatoms. The molecule has 2 aliphatic heterocycles. The van der Waals surface area contributed by atoms with E-state index < -0.39 is 0 Å². The van der Waals surface area contributed by atoms with Gasteiger partial charge in [0.2, 0.25) is 11.8 Å². The predicted molar refractivity (Wildman–Crippen MR) is 96.7 cm³/mol. The molecule has 0 aromatic heterocycles. The standard InChI is InChI=1S/C20H25N3O3/c24-18-8-7-17(21-18)20(26)23-10-2-9-22(11-12-23)19(25)16-6-5-14-3-1-4-15(14)13-16/h5-6,13,17H,1-4,7-12H2,(H,21,24). The molecule has 1 aliphatic carbocycles. The molecule has 0 saturated carbocycles. The van der Waals surface area contributed by atoms with Gasteiger partial charge in [-0.05, 0) is 55.4 Å². The molecule has 0 spiro atoms. The summed E-state index contributed by atoms with van der Waals surface area (Å²) in [5.74, 6) is -0.00238. The molecule has 1 atom stereocenters. The van der Waals surface area contributed by atoms with Gasteiger partial charge in [0, 0.05) is 38.2 Å². The summed E-state index contributed by atoms with van der Waals surface area (Å²) in [6.45, 7) is 2.38. The van der Waals surface area contributed by atoms with Crippen LogP contribution in [0.5, 0.6) is 0 Å². The average Bonchev–Trinajstić information content (AvgIpc) is 3.22. The number of aryl methyl sites for hydroxylation is 2. The minimum absolute atomic E-state index is 0.0114. The van der Waals surface area contributed by atoms with E-state index >= 15 is 0 Å². The second kappa shape index (κ2) is 7.09. The van der Waals surface area contributed by atoms with Gasteiger partial charge in [-0.15, -0.1) is 0 Å². The van der Waals surface area contributed by atoms with Gasteiger partial charge in [-0.3, -0.25) is 14.4 Å². The van der Waals surface area contributed by atoms with Crippen LogP contribution in [0.4, 0.5) is 0 Å². The number of amides is 3. The van der Waals surface area contributed by atoms with Crippen LogP contribution in [0, 0.1) is 0 Å². The van der Waals surface area contributed by atoms with Gasteiger partial charge in [0.05, 0.1) is 0 Å². The lowest BCUT2D eigenvalue weighted by Gasteiger charge is -2.24. The van der Waals surface area contributed by atoms with Crippen LogP contribution in [0.15, 0.2) is 18.2 Å². The minimum atomic E-state index is -0.388. The minimum Gasteiger partial charge on any atom is -0.344 e. The van der Waals surface area contributed by atoms with Crippen molar-refractivity contribution >= 4 is 17.7 Å². The molecule has 4 rings (SSSR count). The van der Waals surface area contributed by atoms with E-state index in [0.29, 0.717) is 39.0 Å². The average molecular weight is 355 g/mol. The largest absolute Gasteiger partial charge is 0.344 e. The van der Waals surface area contributed by atoms with Gasteiger partial charge in [-0.25, -0.2) is 0 Å². The summed E-state index contributed by atoms with van der Waals surface area (Å²) in [6, 6.07) is 5.69. The summed E-state index contributed by atoms with van der Waals surface area (Å²) < 4.78 is 0. The Kier molecular flexibility index (Phi) is 4.66. The molecule has 26 heavy (non-hydrogen) atoms. The number of nitrogens with one attached hydrogen (secondary N) is 1. The highest BCUT2D eigenvalue weighted by molar-refractivity contribution is 5.95. The van der Waals surface area contributed by atoms with Crippen molar-refractivity contribution in [3.8, 4) is 0 Å². The summed E-state index contributed by atoms with van der Waals surface area (Å²) in [7, 11) is 0. The molecular formula is C20H25N3O3. The van der Waals surface area contributed by atoms with Gasteiger partial charge in [0.15, 0.2) is 0 Å².